The zero-order valence-electron chi connectivity index (χ0n) is 15.2. The maximum atomic E-state index is 13.0. The molecule has 0 fully saturated rings. The highest BCUT2D eigenvalue weighted by atomic mass is 35.5. The van der Waals surface area contributed by atoms with E-state index in [4.69, 9.17) is 35.4 Å². The largest absolute Gasteiger partial charge is 0.332 e. The van der Waals surface area contributed by atoms with Crippen LogP contribution in [0, 0.1) is 0 Å². The number of alkyl halides is 2. The van der Waals surface area contributed by atoms with E-state index in [0.717, 1.165) is 0 Å². The molecule has 0 aliphatic heterocycles. The van der Waals surface area contributed by atoms with E-state index in [0.29, 0.717) is 49.2 Å². The quantitative estimate of drug-likeness (QED) is 0.218. The number of hydrogen-bond acceptors (Lipinski definition) is 3. The number of thioether (sulfide) groups is 1. The van der Waals surface area contributed by atoms with Crippen molar-refractivity contribution in [1.29, 1.82) is 0 Å². The molecule has 0 unspecified atom stereocenters. The average Bonchev–Trinajstić information content (AvgIpc) is 2.70. The molecule has 0 atom stereocenters. The Balaban J connectivity index is 1.77. The van der Waals surface area contributed by atoms with Gasteiger partial charge in [0.15, 0.2) is 10.9 Å². The number of ketones is 1. The van der Waals surface area contributed by atoms with Crippen LogP contribution < -0.4 is 10.6 Å². The van der Waals surface area contributed by atoms with Crippen LogP contribution in [0.5, 0.6) is 0 Å². The molecule has 3 nitrogen and oxygen atoms in total. The third kappa shape index (κ3) is 5.92. The predicted molar refractivity (Wildman–Crippen MR) is 124 cm³/mol. The second-order valence-corrected chi connectivity index (χ2v) is 8.30. The molecule has 3 rings (SSSR count). The van der Waals surface area contributed by atoms with Crippen LogP contribution in [0.25, 0.3) is 0 Å². The van der Waals surface area contributed by atoms with Gasteiger partial charge in [0.1, 0.15) is 0 Å². The van der Waals surface area contributed by atoms with Gasteiger partial charge in [-0.3, -0.25) is 4.79 Å². The highest BCUT2D eigenvalue weighted by Gasteiger charge is 2.17. The fraction of sp³-hybridized carbons (Fsp3) is 0.0476. The molecule has 2 N–H and O–H groups in total. The van der Waals surface area contributed by atoms with E-state index in [-0.39, 0.29) is 10.9 Å². The van der Waals surface area contributed by atoms with Crippen molar-refractivity contribution in [2.24, 2.45) is 0 Å². The van der Waals surface area contributed by atoms with Crippen molar-refractivity contribution in [1.82, 2.24) is 0 Å². The van der Waals surface area contributed by atoms with E-state index in [1.807, 2.05) is 0 Å². The second kappa shape index (κ2) is 10.2. The number of nitrogens with one attached hydrogen (secondary N) is 2. The molecule has 0 heterocycles. The first-order valence-corrected chi connectivity index (χ1v) is 10.6. The van der Waals surface area contributed by atoms with Crippen LogP contribution in [0.4, 0.5) is 20.2 Å². The Labute approximate surface area is 191 Å². The lowest BCUT2D eigenvalue weighted by molar-refractivity contribution is 0.103. The minimum absolute atomic E-state index is 0.222. The van der Waals surface area contributed by atoms with Crippen molar-refractivity contribution in [2.75, 3.05) is 10.6 Å². The number of anilines is 2. The lowest BCUT2D eigenvalue weighted by atomic mass is 10.0. The highest BCUT2D eigenvalue weighted by molar-refractivity contribution is 7.99. The molecule has 3 aromatic carbocycles. The van der Waals surface area contributed by atoms with Crippen LogP contribution in [0.3, 0.4) is 0 Å². The van der Waals surface area contributed by atoms with Crippen molar-refractivity contribution in [3.05, 3.63) is 87.9 Å². The summed E-state index contributed by atoms with van der Waals surface area (Å²) in [6, 6.07) is 17.9. The van der Waals surface area contributed by atoms with Crippen molar-refractivity contribution in [3.63, 3.8) is 0 Å². The summed E-state index contributed by atoms with van der Waals surface area (Å²) in [5.74, 6) is -2.78. The molecule has 0 saturated carbocycles. The molecule has 0 aliphatic carbocycles. The lowest BCUT2D eigenvalue weighted by Crippen LogP contribution is -2.21. The van der Waals surface area contributed by atoms with Gasteiger partial charge in [-0.15, -0.1) is 0 Å². The molecular formula is C21H14Cl2F2N2OS2. The first-order chi connectivity index (χ1) is 14.3. The third-order valence-corrected chi connectivity index (χ3v) is 5.42. The van der Waals surface area contributed by atoms with Crippen molar-refractivity contribution in [2.45, 2.75) is 10.7 Å². The number of carbonyl (C=O) groups is 1. The topological polar surface area (TPSA) is 41.1 Å². The minimum Gasteiger partial charge on any atom is -0.332 e. The van der Waals surface area contributed by atoms with Gasteiger partial charge in [0.05, 0.1) is 10.7 Å². The molecule has 0 bridgehead atoms. The zero-order valence-corrected chi connectivity index (χ0v) is 18.3. The SMILES string of the molecule is O=C(c1ccccc1Cl)c1cc(Cl)ccc1NC(=S)Nc1ccc(SC(F)F)cc1. The van der Waals surface area contributed by atoms with Gasteiger partial charge >= 0.3 is 0 Å². The summed E-state index contributed by atoms with van der Waals surface area (Å²) in [7, 11) is 0. The number of halogens is 4. The van der Waals surface area contributed by atoms with Gasteiger partial charge in [-0.1, -0.05) is 47.1 Å². The number of rotatable bonds is 6. The summed E-state index contributed by atoms with van der Waals surface area (Å²) in [6.07, 6.45) is 0. The summed E-state index contributed by atoms with van der Waals surface area (Å²) in [5.41, 5.74) is 1.71. The molecular weight excluding hydrogens is 469 g/mol. The summed E-state index contributed by atoms with van der Waals surface area (Å²) in [4.78, 5) is 13.4. The molecule has 0 aromatic heterocycles. The molecule has 0 amide bonds. The minimum atomic E-state index is -2.48. The summed E-state index contributed by atoms with van der Waals surface area (Å²) < 4.78 is 24.8. The Bertz CT molecular complexity index is 1080. The zero-order chi connectivity index (χ0) is 21.7. The van der Waals surface area contributed by atoms with Crippen LogP contribution in [0.15, 0.2) is 71.6 Å². The Morgan fingerprint density at radius 1 is 0.933 bits per heavy atom. The van der Waals surface area contributed by atoms with Gasteiger partial charge < -0.3 is 10.6 Å². The molecule has 0 saturated heterocycles. The second-order valence-electron chi connectivity index (χ2n) is 5.98. The van der Waals surface area contributed by atoms with Crippen LogP contribution in [0.2, 0.25) is 10.0 Å². The first kappa shape index (κ1) is 22.5. The van der Waals surface area contributed by atoms with Crippen LogP contribution in [-0.2, 0) is 0 Å². The predicted octanol–water partition coefficient (Wildman–Crippen LogP) is 7.35. The molecule has 0 radical (unpaired) electrons. The smallest absolute Gasteiger partial charge is 0.288 e. The molecule has 3 aromatic rings. The average molecular weight is 483 g/mol. The monoisotopic (exact) mass is 482 g/mol. The normalized spacial score (nSPS) is 10.7. The summed E-state index contributed by atoms with van der Waals surface area (Å²) >= 11 is 18.0. The van der Waals surface area contributed by atoms with Crippen molar-refractivity contribution >= 4 is 69.5 Å². The van der Waals surface area contributed by atoms with E-state index in [2.05, 4.69) is 10.6 Å². The molecule has 154 valence electrons. The number of thiocarbonyl (C=S) groups is 1. The number of benzene rings is 3. The van der Waals surface area contributed by atoms with Gasteiger partial charge in [-0.25, -0.2) is 0 Å². The van der Waals surface area contributed by atoms with Gasteiger partial charge in [0.2, 0.25) is 0 Å². The van der Waals surface area contributed by atoms with Gasteiger partial charge in [0, 0.05) is 26.7 Å². The fourth-order valence-corrected chi connectivity index (χ4v) is 3.73. The maximum absolute atomic E-state index is 13.0. The van der Waals surface area contributed by atoms with E-state index in [1.54, 1.807) is 60.7 Å². The first-order valence-electron chi connectivity index (χ1n) is 8.55. The van der Waals surface area contributed by atoms with Gasteiger partial charge in [-0.2, -0.15) is 8.78 Å². The Morgan fingerprint density at radius 3 is 2.30 bits per heavy atom. The third-order valence-electron chi connectivity index (χ3n) is 3.93. The summed E-state index contributed by atoms with van der Waals surface area (Å²) in [6.45, 7) is 0. The van der Waals surface area contributed by atoms with Crippen molar-refractivity contribution in [3.8, 4) is 0 Å². The fourth-order valence-electron chi connectivity index (χ4n) is 2.61. The standard InChI is InChI=1S/C21H14Cl2F2N2OS2/c22-12-5-10-18(16(11-12)19(28)15-3-1-2-4-17(15)23)27-21(29)26-13-6-8-14(9-7-13)30-20(24)25/h1-11,20H,(H2,26,27,29). The van der Waals surface area contributed by atoms with Gasteiger partial charge in [0.25, 0.3) is 5.76 Å². The highest BCUT2D eigenvalue weighted by Crippen LogP contribution is 2.28. The summed E-state index contributed by atoms with van der Waals surface area (Å²) in [5, 5.41) is 6.87. The van der Waals surface area contributed by atoms with E-state index >= 15 is 0 Å². The number of hydrogen-bond donors (Lipinski definition) is 2. The molecule has 0 spiro atoms. The van der Waals surface area contributed by atoms with Crippen LogP contribution in [-0.4, -0.2) is 16.7 Å². The van der Waals surface area contributed by atoms with Gasteiger partial charge in [-0.05, 0) is 66.8 Å². The maximum Gasteiger partial charge on any atom is 0.288 e. The molecule has 9 heteroatoms. The Hall–Kier alpha value is -2.19. The Morgan fingerprint density at radius 2 is 1.63 bits per heavy atom. The molecule has 0 aliphatic rings. The van der Waals surface area contributed by atoms with Crippen LogP contribution >= 0.6 is 47.2 Å². The van der Waals surface area contributed by atoms with E-state index < -0.39 is 5.76 Å². The lowest BCUT2D eigenvalue weighted by Gasteiger charge is -2.15. The molecule has 30 heavy (non-hydrogen) atoms. The van der Waals surface area contributed by atoms with Crippen LogP contribution in [0.1, 0.15) is 15.9 Å². The van der Waals surface area contributed by atoms with E-state index in [9.17, 15) is 13.6 Å². The Kier molecular flexibility index (Phi) is 7.66. The van der Waals surface area contributed by atoms with E-state index in [1.165, 1.54) is 6.07 Å². The number of carbonyl (C=O) groups excluding carboxylic acids is 1. The van der Waals surface area contributed by atoms with Crippen molar-refractivity contribution < 1.29 is 13.6 Å².